The first kappa shape index (κ1) is 14.6. The summed E-state index contributed by atoms with van der Waals surface area (Å²) in [6.45, 7) is 4.94. The second kappa shape index (κ2) is 8.91. The molecule has 16 heavy (non-hydrogen) atoms. The molecular formula is C14H20O2. The van der Waals surface area contributed by atoms with Crippen LogP contribution in [0.2, 0.25) is 0 Å². The van der Waals surface area contributed by atoms with Crippen molar-refractivity contribution in [1.82, 2.24) is 0 Å². The third kappa shape index (κ3) is 7.00. The molecule has 0 aromatic rings. The number of allylic oxidation sites excluding steroid dienone is 2. The summed E-state index contributed by atoms with van der Waals surface area (Å²) < 4.78 is 0. The van der Waals surface area contributed by atoms with E-state index in [-0.39, 0.29) is 17.1 Å². The van der Waals surface area contributed by atoms with Crippen molar-refractivity contribution in [3.05, 3.63) is 11.6 Å². The van der Waals surface area contributed by atoms with Crippen LogP contribution in [0, 0.1) is 11.8 Å². The maximum Gasteiger partial charge on any atom is 0.164 e. The van der Waals surface area contributed by atoms with Gasteiger partial charge in [0.2, 0.25) is 0 Å². The average Bonchev–Trinajstić information content (AvgIpc) is 2.21. The van der Waals surface area contributed by atoms with Gasteiger partial charge >= 0.3 is 0 Å². The molecule has 0 bridgehead atoms. The van der Waals surface area contributed by atoms with Crippen molar-refractivity contribution in [1.29, 1.82) is 0 Å². The smallest absolute Gasteiger partial charge is 0.164 e. The van der Waals surface area contributed by atoms with Gasteiger partial charge in [-0.3, -0.25) is 9.59 Å². The number of unbranched alkanes of at least 4 members (excludes halogenated alkanes) is 4. The largest absolute Gasteiger partial charge is 0.294 e. The normalized spacial score (nSPS) is 8.94. The van der Waals surface area contributed by atoms with Crippen LogP contribution in [-0.2, 0) is 9.59 Å². The highest BCUT2D eigenvalue weighted by Crippen LogP contribution is 2.01. The van der Waals surface area contributed by atoms with E-state index in [0.29, 0.717) is 0 Å². The van der Waals surface area contributed by atoms with E-state index in [1.165, 1.54) is 39.2 Å². The third-order valence-corrected chi connectivity index (χ3v) is 2.23. The Bertz CT molecular complexity index is 310. The fourth-order valence-corrected chi connectivity index (χ4v) is 1.29. The Kier molecular flexibility index (Phi) is 8.15. The third-order valence-electron chi connectivity index (χ3n) is 2.23. The lowest BCUT2D eigenvalue weighted by molar-refractivity contribution is -0.119. The topological polar surface area (TPSA) is 34.1 Å². The Hall–Kier alpha value is -1.36. The van der Waals surface area contributed by atoms with E-state index in [1.807, 2.05) is 0 Å². The van der Waals surface area contributed by atoms with E-state index >= 15 is 0 Å². The van der Waals surface area contributed by atoms with Gasteiger partial charge in [-0.05, 0) is 20.3 Å². The molecule has 0 radical (unpaired) electrons. The zero-order valence-electron chi connectivity index (χ0n) is 10.4. The number of ketones is 2. The van der Waals surface area contributed by atoms with Gasteiger partial charge in [0.1, 0.15) is 0 Å². The maximum absolute atomic E-state index is 11.0. The minimum atomic E-state index is -0.215. The highest BCUT2D eigenvalue weighted by atomic mass is 16.1. The lowest BCUT2D eigenvalue weighted by atomic mass is 10.1. The van der Waals surface area contributed by atoms with E-state index in [2.05, 4.69) is 18.8 Å². The minimum Gasteiger partial charge on any atom is -0.294 e. The van der Waals surface area contributed by atoms with Crippen molar-refractivity contribution in [2.45, 2.75) is 52.9 Å². The van der Waals surface area contributed by atoms with Crippen LogP contribution in [0.15, 0.2) is 11.6 Å². The number of hydrogen-bond acceptors (Lipinski definition) is 2. The fraction of sp³-hybridized carbons (Fsp3) is 0.571. The fourth-order valence-electron chi connectivity index (χ4n) is 1.29. The molecule has 2 heteroatoms. The summed E-state index contributed by atoms with van der Waals surface area (Å²) >= 11 is 0. The SMILES string of the molecule is CCCCCCC#CC=C(C(C)=O)C(C)=O. The molecule has 0 aliphatic heterocycles. The van der Waals surface area contributed by atoms with E-state index in [9.17, 15) is 9.59 Å². The first-order valence-corrected chi connectivity index (χ1v) is 5.80. The van der Waals surface area contributed by atoms with Gasteiger partial charge < -0.3 is 0 Å². The van der Waals surface area contributed by atoms with E-state index in [4.69, 9.17) is 0 Å². The van der Waals surface area contributed by atoms with Crippen LogP contribution < -0.4 is 0 Å². The molecule has 0 spiro atoms. The summed E-state index contributed by atoms with van der Waals surface area (Å²) in [5.74, 6) is 5.30. The van der Waals surface area contributed by atoms with Crippen molar-refractivity contribution in [2.24, 2.45) is 0 Å². The second-order valence-corrected chi connectivity index (χ2v) is 3.80. The standard InChI is InChI=1S/C14H20O2/c1-4-5-6-7-8-9-10-11-14(12(2)15)13(3)16/h11H,4-8H2,1-3H3. The van der Waals surface area contributed by atoms with Crippen molar-refractivity contribution in [3.8, 4) is 11.8 Å². The Labute approximate surface area is 98.1 Å². The van der Waals surface area contributed by atoms with Crippen molar-refractivity contribution >= 4 is 11.6 Å². The Balaban J connectivity index is 4.08. The number of carbonyl (C=O) groups excluding carboxylic acids is 2. The summed E-state index contributed by atoms with van der Waals surface area (Å²) in [5, 5.41) is 0. The highest BCUT2D eigenvalue weighted by Gasteiger charge is 2.07. The zero-order valence-corrected chi connectivity index (χ0v) is 10.4. The predicted octanol–water partition coefficient (Wildman–Crippen LogP) is 3.06. The van der Waals surface area contributed by atoms with Crippen LogP contribution in [0.3, 0.4) is 0 Å². The van der Waals surface area contributed by atoms with Gasteiger partial charge in [-0.1, -0.05) is 38.0 Å². The number of Topliss-reactive ketones (excluding diaryl/α,β-unsaturated/α-hetero) is 2. The van der Waals surface area contributed by atoms with Crippen LogP contribution in [0.4, 0.5) is 0 Å². The van der Waals surface area contributed by atoms with Gasteiger partial charge in [0.05, 0.1) is 5.57 Å². The first-order valence-electron chi connectivity index (χ1n) is 5.80. The minimum absolute atomic E-state index is 0.195. The van der Waals surface area contributed by atoms with E-state index < -0.39 is 0 Å². The Morgan fingerprint density at radius 3 is 2.19 bits per heavy atom. The van der Waals surface area contributed by atoms with Crippen LogP contribution in [0.5, 0.6) is 0 Å². The summed E-state index contributed by atoms with van der Waals surface area (Å²) in [5.41, 5.74) is 0.195. The molecule has 0 aromatic carbocycles. The number of hydrogen-bond donors (Lipinski definition) is 0. The van der Waals surface area contributed by atoms with E-state index in [1.54, 1.807) is 0 Å². The molecule has 0 aliphatic carbocycles. The molecule has 0 rings (SSSR count). The Morgan fingerprint density at radius 2 is 1.69 bits per heavy atom. The molecule has 0 saturated carbocycles. The van der Waals surface area contributed by atoms with Gasteiger partial charge in [-0.25, -0.2) is 0 Å². The van der Waals surface area contributed by atoms with Crippen LogP contribution in [0.25, 0.3) is 0 Å². The van der Waals surface area contributed by atoms with Crippen LogP contribution in [-0.4, -0.2) is 11.6 Å². The summed E-state index contributed by atoms with van der Waals surface area (Å²) in [4.78, 5) is 22.1. The summed E-state index contributed by atoms with van der Waals surface area (Å²) in [6, 6.07) is 0. The zero-order chi connectivity index (χ0) is 12.4. The molecule has 0 saturated heterocycles. The molecule has 0 aromatic heterocycles. The molecule has 0 N–H and O–H groups in total. The van der Waals surface area contributed by atoms with Crippen LogP contribution in [0.1, 0.15) is 52.9 Å². The van der Waals surface area contributed by atoms with Crippen LogP contribution >= 0.6 is 0 Å². The predicted molar refractivity (Wildman–Crippen MR) is 66.0 cm³/mol. The van der Waals surface area contributed by atoms with Gasteiger partial charge in [-0.2, -0.15) is 0 Å². The maximum atomic E-state index is 11.0. The Morgan fingerprint density at radius 1 is 1.06 bits per heavy atom. The molecule has 0 heterocycles. The van der Waals surface area contributed by atoms with Crippen molar-refractivity contribution in [2.75, 3.05) is 0 Å². The quantitative estimate of drug-likeness (QED) is 0.227. The molecule has 2 nitrogen and oxygen atoms in total. The van der Waals surface area contributed by atoms with Gasteiger partial charge in [-0.15, -0.1) is 0 Å². The molecule has 0 fully saturated rings. The first-order chi connectivity index (χ1) is 7.59. The molecule has 0 aliphatic rings. The van der Waals surface area contributed by atoms with Crippen molar-refractivity contribution < 1.29 is 9.59 Å². The van der Waals surface area contributed by atoms with Gasteiger partial charge in [0, 0.05) is 12.5 Å². The summed E-state index contributed by atoms with van der Waals surface area (Å²) in [6.07, 6.45) is 7.01. The van der Waals surface area contributed by atoms with E-state index in [0.717, 1.165) is 12.8 Å². The lowest BCUT2D eigenvalue weighted by Crippen LogP contribution is -2.05. The number of carbonyl (C=O) groups is 2. The number of rotatable bonds is 6. The average molecular weight is 220 g/mol. The second-order valence-electron chi connectivity index (χ2n) is 3.80. The lowest BCUT2D eigenvalue weighted by Gasteiger charge is -1.93. The molecule has 0 amide bonds. The monoisotopic (exact) mass is 220 g/mol. The van der Waals surface area contributed by atoms with Gasteiger partial charge in [0.15, 0.2) is 11.6 Å². The molecule has 0 unspecified atom stereocenters. The molecule has 88 valence electrons. The molecule has 0 atom stereocenters. The van der Waals surface area contributed by atoms with Crippen molar-refractivity contribution in [3.63, 3.8) is 0 Å². The summed E-state index contributed by atoms with van der Waals surface area (Å²) in [7, 11) is 0. The highest BCUT2D eigenvalue weighted by molar-refractivity contribution is 6.18. The molecular weight excluding hydrogens is 200 g/mol. The van der Waals surface area contributed by atoms with Gasteiger partial charge in [0.25, 0.3) is 0 Å².